The molecule has 0 aliphatic carbocycles. The molecule has 1 unspecified atom stereocenters. The molecule has 126 valence electrons. The number of halogens is 1. The molecule has 0 saturated carbocycles. The molecule has 2 aromatic carbocycles. The van der Waals surface area contributed by atoms with Gasteiger partial charge in [0.05, 0.1) is 25.8 Å². The lowest BCUT2D eigenvalue weighted by molar-refractivity contribution is 0.0733. The molecule has 0 spiro atoms. The first-order chi connectivity index (χ1) is 11.7. The Morgan fingerprint density at radius 3 is 2.67 bits per heavy atom. The van der Waals surface area contributed by atoms with E-state index < -0.39 is 0 Å². The van der Waals surface area contributed by atoms with E-state index in [4.69, 9.17) is 9.47 Å². The van der Waals surface area contributed by atoms with Gasteiger partial charge in [0.25, 0.3) is 5.91 Å². The van der Waals surface area contributed by atoms with Gasteiger partial charge in [-0.1, -0.05) is 12.1 Å². The molecule has 1 atom stereocenters. The number of amides is 1. The minimum absolute atomic E-state index is 0.0364. The van der Waals surface area contributed by atoms with Crippen LogP contribution in [0, 0.1) is 3.57 Å². The highest BCUT2D eigenvalue weighted by molar-refractivity contribution is 14.1. The lowest BCUT2D eigenvalue weighted by atomic mass is 10.0. The Balaban J connectivity index is 1.94. The van der Waals surface area contributed by atoms with Crippen LogP contribution in [0.15, 0.2) is 42.5 Å². The number of hydrogen-bond acceptors (Lipinski definition) is 3. The Bertz CT molecular complexity index is 747. The summed E-state index contributed by atoms with van der Waals surface area (Å²) in [5, 5.41) is 0. The van der Waals surface area contributed by atoms with Gasteiger partial charge >= 0.3 is 0 Å². The molecule has 5 heteroatoms. The van der Waals surface area contributed by atoms with Crippen LogP contribution in [0.5, 0.6) is 11.5 Å². The summed E-state index contributed by atoms with van der Waals surface area (Å²) in [5.41, 5.74) is 1.80. The number of ether oxygens (including phenoxy) is 2. The van der Waals surface area contributed by atoms with Gasteiger partial charge in [-0.05, 0) is 59.7 Å². The molecule has 1 heterocycles. The first-order valence-corrected chi connectivity index (χ1v) is 9.01. The summed E-state index contributed by atoms with van der Waals surface area (Å²) in [5.74, 6) is 1.60. The molecule has 24 heavy (non-hydrogen) atoms. The van der Waals surface area contributed by atoms with E-state index in [2.05, 4.69) is 22.6 Å². The van der Waals surface area contributed by atoms with E-state index in [1.165, 1.54) is 0 Å². The van der Waals surface area contributed by atoms with E-state index in [1.54, 1.807) is 14.2 Å². The molecule has 0 aromatic heterocycles. The quantitative estimate of drug-likeness (QED) is 0.671. The molecule has 1 fully saturated rings. The SMILES string of the molecule is COc1ccc(C2CCCN2C(=O)c2ccccc2I)c(OC)c1. The van der Waals surface area contributed by atoms with Crippen molar-refractivity contribution in [2.24, 2.45) is 0 Å². The third kappa shape index (κ3) is 3.22. The highest BCUT2D eigenvalue weighted by Crippen LogP contribution is 2.39. The van der Waals surface area contributed by atoms with E-state index in [9.17, 15) is 4.79 Å². The van der Waals surface area contributed by atoms with Crippen LogP contribution in [0.2, 0.25) is 0 Å². The summed E-state index contributed by atoms with van der Waals surface area (Å²) in [6.45, 7) is 0.768. The minimum Gasteiger partial charge on any atom is -0.497 e. The van der Waals surface area contributed by atoms with Crippen molar-refractivity contribution >= 4 is 28.5 Å². The second-order valence-electron chi connectivity index (χ2n) is 5.74. The second-order valence-corrected chi connectivity index (χ2v) is 6.91. The van der Waals surface area contributed by atoms with Crippen LogP contribution in [0.4, 0.5) is 0 Å². The van der Waals surface area contributed by atoms with Crippen LogP contribution >= 0.6 is 22.6 Å². The Hall–Kier alpha value is -1.76. The van der Waals surface area contributed by atoms with Crippen molar-refractivity contribution < 1.29 is 14.3 Å². The molecule has 0 N–H and O–H groups in total. The van der Waals surface area contributed by atoms with E-state index >= 15 is 0 Å². The Kier molecular flexibility index (Phi) is 5.28. The average molecular weight is 437 g/mol. The number of benzene rings is 2. The van der Waals surface area contributed by atoms with Crippen LogP contribution in [0.3, 0.4) is 0 Å². The van der Waals surface area contributed by atoms with Crippen molar-refractivity contribution in [2.75, 3.05) is 20.8 Å². The number of rotatable bonds is 4. The van der Waals surface area contributed by atoms with Gasteiger partial charge in [0.2, 0.25) is 0 Å². The van der Waals surface area contributed by atoms with Crippen LogP contribution < -0.4 is 9.47 Å². The topological polar surface area (TPSA) is 38.8 Å². The third-order valence-corrected chi connectivity index (χ3v) is 5.36. The summed E-state index contributed by atoms with van der Waals surface area (Å²) < 4.78 is 11.8. The van der Waals surface area contributed by atoms with E-state index in [1.807, 2.05) is 47.4 Å². The number of carbonyl (C=O) groups is 1. The maximum Gasteiger partial charge on any atom is 0.255 e. The molecule has 2 aromatic rings. The summed E-state index contributed by atoms with van der Waals surface area (Å²) in [4.78, 5) is 15.0. The maximum atomic E-state index is 13.0. The fourth-order valence-corrected chi connectivity index (χ4v) is 3.83. The first kappa shape index (κ1) is 17.1. The predicted molar refractivity (Wildman–Crippen MR) is 102 cm³/mol. The summed E-state index contributed by atoms with van der Waals surface area (Å²) >= 11 is 2.22. The van der Waals surface area contributed by atoms with Gasteiger partial charge in [-0.25, -0.2) is 0 Å². The fourth-order valence-electron chi connectivity index (χ4n) is 3.22. The molecule has 1 saturated heterocycles. The summed E-state index contributed by atoms with van der Waals surface area (Å²) in [7, 11) is 3.29. The molecule has 1 amide bonds. The number of likely N-dealkylation sites (tertiary alicyclic amines) is 1. The number of carbonyl (C=O) groups excluding carboxylic acids is 1. The van der Waals surface area contributed by atoms with Gasteiger partial charge in [-0.15, -0.1) is 0 Å². The monoisotopic (exact) mass is 437 g/mol. The highest BCUT2D eigenvalue weighted by Gasteiger charge is 2.33. The third-order valence-electron chi connectivity index (χ3n) is 4.42. The highest BCUT2D eigenvalue weighted by atomic mass is 127. The zero-order valence-electron chi connectivity index (χ0n) is 13.8. The van der Waals surface area contributed by atoms with Crippen molar-refractivity contribution in [3.8, 4) is 11.5 Å². The predicted octanol–water partition coefficient (Wildman–Crippen LogP) is 4.29. The number of hydrogen-bond donors (Lipinski definition) is 0. The minimum atomic E-state index is 0.0364. The van der Waals surface area contributed by atoms with Gasteiger partial charge < -0.3 is 14.4 Å². The lowest BCUT2D eigenvalue weighted by Gasteiger charge is -2.27. The zero-order chi connectivity index (χ0) is 17.1. The zero-order valence-corrected chi connectivity index (χ0v) is 15.9. The van der Waals surface area contributed by atoms with Crippen LogP contribution in [-0.2, 0) is 0 Å². The first-order valence-electron chi connectivity index (χ1n) is 7.93. The molecule has 1 aliphatic rings. The van der Waals surface area contributed by atoms with Gasteiger partial charge in [0.1, 0.15) is 11.5 Å². The molecular formula is C19H20INO3. The van der Waals surface area contributed by atoms with Crippen molar-refractivity contribution in [2.45, 2.75) is 18.9 Å². The average Bonchev–Trinajstić information content (AvgIpc) is 3.10. The molecular weight excluding hydrogens is 417 g/mol. The Morgan fingerprint density at radius 1 is 1.17 bits per heavy atom. The second kappa shape index (κ2) is 7.42. The largest absolute Gasteiger partial charge is 0.497 e. The Labute approximate surface area is 155 Å². The van der Waals surface area contributed by atoms with Crippen molar-refractivity contribution in [3.05, 3.63) is 57.2 Å². The van der Waals surface area contributed by atoms with E-state index in [-0.39, 0.29) is 11.9 Å². The molecule has 3 rings (SSSR count). The van der Waals surface area contributed by atoms with Gasteiger partial charge in [0, 0.05) is 21.7 Å². The van der Waals surface area contributed by atoms with Crippen LogP contribution in [0.25, 0.3) is 0 Å². The normalized spacial score (nSPS) is 17.0. The summed E-state index contributed by atoms with van der Waals surface area (Å²) in [6.07, 6.45) is 1.94. The van der Waals surface area contributed by atoms with Crippen molar-refractivity contribution in [1.82, 2.24) is 4.90 Å². The Morgan fingerprint density at radius 2 is 1.96 bits per heavy atom. The van der Waals surface area contributed by atoms with Crippen LogP contribution in [0.1, 0.15) is 34.8 Å². The molecule has 0 bridgehead atoms. The standard InChI is InChI=1S/C19H20INO3/c1-23-13-9-10-15(18(12-13)24-2)17-8-5-11-21(17)19(22)14-6-3-4-7-16(14)20/h3-4,6-7,9-10,12,17H,5,8,11H2,1-2H3. The van der Waals surface area contributed by atoms with Gasteiger partial charge in [-0.2, -0.15) is 0 Å². The molecule has 4 nitrogen and oxygen atoms in total. The summed E-state index contributed by atoms with van der Waals surface area (Å²) in [6, 6.07) is 13.6. The molecule has 1 aliphatic heterocycles. The smallest absolute Gasteiger partial charge is 0.255 e. The number of nitrogens with zero attached hydrogens (tertiary/aromatic N) is 1. The maximum absolute atomic E-state index is 13.0. The van der Waals surface area contributed by atoms with Crippen molar-refractivity contribution in [1.29, 1.82) is 0 Å². The number of methoxy groups -OCH3 is 2. The van der Waals surface area contributed by atoms with Gasteiger partial charge in [-0.3, -0.25) is 4.79 Å². The van der Waals surface area contributed by atoms with Crippen LogP contribution in [-0.4, -0.2) is 31.6 Å². The lowest BCUT2D eigenvalue weighted by Crippen LogP contribution is -2.31. The van der Waals surface area contributed by atoms with Crippen molar-refractivity contribution in [3.63, 3.8) is 0 Å². The fraction of sp³-hybridized carbons (Fsp3) is 0.316. The van der Waals surface area contributed by atoms with Gasteiger partial charge in [0.15, 0.2) is 0 Å². The van der Waals surface area contributed by atoms with E-state index in [0.717, 1.165) is 45.6 Å². The van der Waals surface area contributed by atoms with E-state index in [0.29, 0.717) is 0 Å². The molecule has 0 radical (unpaired) electrons.